The third kappa shape index (κ3) is 4.03. The molecule has 9 nitrogen and oxygen atoms in total. The van der Waals surface area contributed by atoms with Gasteiger partial charge in [0.2, 0.25) is 5.91 Å². The molecule has 2 aliphatic heterocycles. The second kappa shape index (κ2) is 8.68. The van der Waals surface area contributed by atoms with Crippen molar-refractivity contribution in [2.45, 2.75) is 18.9 Å². The molecule has 1 atom stereocenters. The average molecular weight is 428 g/mol. The standard InChI is InChI=1S/C22H28N4O5/c1-23-16-7-3-2-6-15(16)18(19(23)21(28)29)20(22(30)31)26-12-10-24(11-13-26)14-17(27)25-8-4-5-9-25/h2-3,6-7,20H,4-5,8-14H2,1H3,(H,28,29)(H,30,31)/t20-/m0/s1. The van der Waals surface area contributed by atoms with Gasteiger partial charge < -0.3 is 19.7 Å². The predicted molar refractivity (Wildman–Crippen MR) is 114 cm³/mol. The first-order chi connectivity index (χ1) is 14.9. The quantitative estimate of drug-likeness (QED) is 0.713. The van der Waals surface area contributed by atoms with Gasteiger partial charge in [-0.2, -0.15) is 0 Å². The van der Waals surface area contributed by atoms with E-state index in [4.69, 9.17) is 0 Å². The number of aryl methyl sites for hydroxylation is 1. The molecule has 3 heterocycles. The van der Waals surface area contributed by atoms with E-state index in [0.29, 0.717) is 49.2 Å². The maximum absolute atomic E-state index is 12.4. The number of hydrogen-bond donors (Lipinski definition) is 2. The van der Waals surface area contributed by atoms with Crippen LogP contribution in [0.15, 0.2) is 24.3 Å². The first-order valence-electron chi connectivity index (χ1n) is 10.7. The van der Waals surface area contributed by atoms with E-state index < -0.39 is 18.0 Å². The topological polar surface area (TPSA) is 106 Å². The molecular weight excluding hydrogens is 400 g/mol. The molecule has 1 aromatic heterocycles. The van der Waals surface area contributed by atoms with Gasteiger partial charge in [0.25, 0.3) is 0 Å². The van der Waals surface area contributed by atoms with Crippen LogP contribution in [-0.2, 0) is 16.6 Å². The van der Waals surface area contributed by atoms with Crippen LogP contribution < -0.4 is 0 Å². The van der Waals surface area contributed by atoms with Gasteiger partial charge in [-0.3, -0.25) is 19.4 Å². The smallest absolute Gasteiger partial charge is 0.352 e. The zero-order valence-corrected chi connectivity index (χ0v) is 17.7. The summed E-state index contributed by atoms with van der Waals surface area (Å²) in [5.41, 5.74) is 1.01. The van der Waals surface area contributed by atoms with E-state index in [1.165, 1.54) is 0 Å². The van der Waals surface area contributed by atoms with Crippen LogP contribution in [0, 0.1) is 0 Å². The van der Waals surface area contributed by atoms with Crippen LogP contribution in [0.2, 0.25) is 0 Å². The Balaban J connectivity index is 1.56. The number of likely N-dealkylation sites (tertiary alicyclic amines) is 1. The molecule has 2 saturated heterocycles. The number of rotatable bonds is 6. The highest BCUT2D eigenvalue weighted by Crippen LogP contribution is 2.34. The summed E-state index contributed by atoms with van der Waals surface area (Å²) in [5, 5.41) is 20.6. The minimum atomic E-state index is -1.14. The van der Waals surface area contributed by atoms with E-state index >= 15 is 0 Å². The first-order valence-corrected chi connectivity index (χ1v) is 10.7. The van der Waals surface area contributed by atoms with Crippen molar-refractivity contribution >= 4 is 28.7 Å². The number of amides is 1. The van der Waals surface area contributed by atoms with Crippen molar-refractivity contribution < 1.29 is 24.6 Å². The molecule has 1 amide bonds. The second-order valence-electron chi connectivity index (χ2n) is 8.28. The van der Waals surface area contributed by atoms with Crippen molar-refractivity contribution in [2.24, 2.45) is 7.05 Å². The molecule has 0 radical (unpaired) electrons. The van der Waals surface area contributed by atoms with Gasteiger partial charge >= 0.3 is 11.9 Å². The van der Waals surface area contributed by atoms with Gasteiger partial charge in [-0.15, -0.1) is 0 Å². The van der Waals surface area contributed by atoms with Gasteiger partial charge in [-0.1, -0.05) is 18.2 Å². The van der Waals surface area contributed by atoms with Gasteiger partial charge in [0.15, 0.2) is 0 Å². The molecule has 0 unspecified atom stereocenters. The van der Waals surface area contributed by atoms with Gasteiger partial charge in [0.1, 0.15) is 11.7 Å². The van der Waals surface area contributed by atoms with Gasteiger partial charge in [-0.25, -0.2) is 4.79 Å². The van der Waals surface area contributed by atoms with E-state index in [-0.39, 0.29) is 11.6 Å². The Morgan fingerprint density at radius 2 is 1.61 bits per heavy atom. The van der Waals surface area contributed by atoms with Crippen molar-refractivity contribution in [2.75, 3.05) is 45.8 Å². The molecule has 2 N–H and O–H groups in total. The Morgan fingerprint density at radius 1 is 0.968 bits per heavy atom. The summed E-state index contributed by atoms with van der Waals surface area (Å²) in [6.45, 7) is 4.02. The number of para-hydroxylation sites is 1. The predicted octanol–water partition coefficient (Wildman–Crippen LogP) is 1.24. The fourth-order valence-corrected chi connectivity index (χ4v) is 4.86. The monoisotopic (exact) mass is 428 g/mol. The van der Waals surface area contributed by atoms with Crippen molar-refractivity contribution in [3.63, 3.8) is 0 Å². The highest BCUT2D eigenvalue weighted by Gasteiger charge is 2.37. The largest absolute Gasteiger partial charge is 0.480 e. The zero-order valence-electron chi connectivity index (χ0n) is 17.7. The third-order valence-electron chi connectivity index (χ3n) is 6.45. The summed E-state index contributed by atoms with van der Waals surface area (Å²) in [5.74, 6) is -2.09. The molecule has 2 aromatic rings. The number of carbonyl (C=O) groups is 3. The van der Waals surface area contributed by atoms with E-state index in [0.717, 1.165) is 25.9 Å². The van der Waals surface area contributed by atoms with Crippen LogP contribution in [0.4, 0.5) is 0 Å². The number of fused-ring (bicyclic) bond motifs is 1. The summed E-state index contributed by atoms with van der Waals surface area (Å²) in [6.07, 6.45) is 2.10. The summed E-state index contributed by atoms with van der Waals surface area (Å²) >= 11 is 0. The van der Waals surface area contributed by atoms with Crippen LogP contribution >= 0.6 is 0 Å². The number of aromatic nitrogens is 1. The summed E-state index contributed by atoms with van der Waals surface area (Å²) < 4.78 is 1.55. The minimum Gasteiger partial charge on any atom is -0.480 e. The Labute approximate surface area is 180 Å². The molecular formula is C22H28N4O5. The van der Waals surface area contributed by atoms with Gasteiger partial charge in [0, 0.05) is 62.8 Å². The van der Waals surface area contributed by atoms with Crippen molar-refractivity contribution in [3.05, 3.63) is 35.5 Å². The Bertz CT molecular complexity index is 1000. The van der Waals surface area contributed by atoms with E-state index in [9.17, 15) is 24.6 Å². The van der Waals surface area contributed by atoms with E-state index in [1.54, 1.807) is 29.8 Å². The fraction of sp³-hybridized carbons (Fsp3) is 0.500. The van der Waals surface area contributed by atoms with E-state index in [1.807, 2.05) is 15.9 Å². The Hall–Kier alpha value is -2.91. The summed E-state index contributed by atoms with van der Waals surface area (Å²) in [4.78, 5) is 42.6. The Kier molecular flexibility index (Phi) is 5.97. The lowest BCUT2D eigenvalue weighted by Crippen LogP contribution is -2.51. The number of aromatic carboxylic acids is 1. The number of carbonyl (C=O) groups excluding carboxylic acids is 1. The molecule has 4 rings (SSSR count). The number of benzene rings is 1. The van der Waals surface area contributed by atoms with Crippen LogP contribution in [0.3, 0.4) is 0 Å². The molecule has 9 heteroatoms. The van der Waals surface area contributed by atoms with Crippen LogP contribution in [0.1, 0.15) is 34.9 Å². The van der Waals surface area contributed by atoms with Gasteiger partial charge in [0.05, 0.1) is 6.54 Å². The molecule has 0 saturated carbocycles. The molecule has 1 aromatic carbocycles. The molecule has 0 bridgehead atoms. The summed E-state index contributed by atoms with van der Waals surface area (Å²) in [6, 6.07) is 6.11. The first kappa shape index (κ1) is 21.3. The maximum atomic E-state index is 12.4. The van der Waals surface area contributed by atoms with Crippen molar-refractivity contribution in [1.29, 1.82) is 0 Å². The van der Waals surface area contributed by atoms with Gasteiger partial charge in [-0.05, 0) is 18.9 Å². The molecule has 0 aliphatic carbocycles. The van der Waals surface area contributed by atoms with Crippen molar-refractivity contribution in [3.8, 4) is 0 Å². The van der Waals surface area contributed by atoms with Crippen LogP contribution in [0.25, 0.3) is 10.9 Å². The number of aliphatic carboxylic acids is 1. The number of piperazine rings is 1. The molecule has 31 heavy (non-hydrogen) atoms. The average Bonchev–Trinajstić information content (AvgIpc) is 3.37. The van der Waals surface area contributed by atoms with E-state index in [2.05, 4.69) is 4.90 Å². The minimum absolute atomic E-state index is 0.000223. The normalized spacial score (nSPS) is 19.1. The number of nitrogens with zero attached hydrogens (tertiary/aromatic N) is 4. The third-order valence-corrected chi connectivity index (χ3v) is 6.45. The number of carboxylic acid groups (broad SMARTS) is 2. The fourth-order valence-electron chi connectivity index (χ4n) is 4.86. The van der Waals surface area contributed by atoms with Crippen LogP contribution in [-0.4, -0.2) is 93.1 Å². The van der Waals surface area contributed by atoms with Crippen LogP contribution in [0.5, 0.6) is 0 Å². The lowest BCUT2D eigenvalue weighted by molar-refractivity contribution is -0.145. The zero-order chi connectivity index (χ0) is 22.1. The lowest BCUT2D eigenvalue weighted by atomic mass is 10.00. The lowest BCUT2D eigenvalue weighted by Gasteiger charge is -2.38. The Morgan fingerprint density at radius 3 is 2.23 bits per heavy atom. The SMILES string of the molecule is Cn1c(C(=O)O)c([C@@H](C(=O)O)N2CCN(CC(=O)N3CCCC3)CC2)c2ccccc21. The molecule has 2 fully saturated rings. The van der Waals surface area contributed by atoms with Crippen molar-refractivity contribution in [1.82, 2.24) is 19.3 Å². The molecule has 0 spiro atoms. The molecule has 166 valence electrons. The summed E-state index contributed by atoms with van der Waals surface area (Å²) in [7, 11) is 1.65. The maximum Gasteiger partial charge on any atom is 0.352 e. The molecule has 2 aliphatic rings. The highest BCUT2D eigenvalue weighted by atomic mass is 16.4. The number of carboxylic acids is 2. The highest BCUT2D eigenvalue weighted by molar-refractivity contribution is 6.01. The second-order valence-corrected chi connectivity index (χ2v) is 8.28. The number of hydrogen-bond acceptors (Lipinski definition) is 5.